The zero-order chi connectivity index (χ0) is 19.9. The summed E-state index contributed by atoms with van der Waals surface area (Å²) in [7, 11) is -3.81. The number of halogens is 2. The van der Waals surface area contributed by atoms with E-state index < -0.39 is 15.9 Å². The number of nitrogens with two attached hydrogens (primary N) is 1. The number of nitrogen functional groups attached to an aromatic ring is 1. The van der Waals surface area contributed by atoms with E-state index in [1.54, 1.807) is 24.3 Å². The lowest BCUT2D eigenvalue weighted by molar-refractivity contribution is -0.0360. The SMILES string of the molecule is Nc1cnc2c(ccn2S(=O)(=O)c2ccccc2)c1NC1CCC(F)(F)CC1. The summed E-state index contributed by atoms with van der Waals surface area (Å²) in [5, 5.41) is 3.77. The fourth-order valence-corrected chi connectivity index (χ4v) is 4.85. The molecule has 1 aliphatic rings. The van der Waals surface area contributed by atoms with Gasteiger partial charge < -0.3 is 11.1 Å². The van der Waals surface area contributed by atoms with Crippen LogP contribution in [0.15, 0.2) is 53.7 Å². The number of pyridine rings is 1. The molecule has 0 saturated heterocycles. The minimum Gasteiger partial charge on any atom is -0.396 e. The van der Waals surface area contributed by atoms with Crippen LogP contribution in [0.2, 0.25) is 0 Å². The summed E-state index contributed by atoms with van der Waals surface area (Å²) < 4.78 is 53.8. The van der Waals surface area contributed by atoms with Gasteiger partial charge in [0.05, 0.1) is 22.5 Å². The van der Waals surface area contributed by atoms with Gasteiger partial charge in [-0.15, -0.1) is 0 Å². The summed E-state index contributed by atoms with van der Waals surface area (Å²) in [5.74, 6) is -2.62. The normalized spacial score (nSPS) is 17.6. The third-order valence-electron chi connectivity index (χ3n) is 5.08. The van der Waals surface area contributed by atoms with Crippen molar-refractivity contribution in [2.45, 2.75) is 42.5 Å². The van der Waals surface area contributed by atoms with E-state index in [-0.39, 0.29) is 29.4 Å². The molecule has 0 spiro atoms. The molecule has 1 aromatic carbocycles. The number of alkyl halides is 2. The highest BCUT2D eigenvalue weighted by Crippen LogP contribution is 2.37. The summed E-state index contributed by atoms with van der Waals surface area (Å²) >= 11 is 0. The van der Waals surface area contributed by atoms with E-state index in [0.717, 1.165) is 3.97 Å². The molecule has 148 valence electrons. The van der Waals surface area contributed by atoms with Crippen molar-refractivity contribution in [3.05, 3.63) is 48.8 Å². The smallest absolute Gasteiger partial charge is 0.269 e. The molecular weight excluding hydrogens is 386 g/mol. The van der Waals surface area contributed by atoms with Crippen molar-refractivity contribution in [3.8, 4) is 0 Å². The second-order valence-corrected chi connectivity index (χ2v) is 8.84. The molecule has 0 unspecified atom stereocenters. The van der Waals surface area contributed by atoms with E-state index >= 15 is 0 Å². The predicted octanol–water partition coefficient (Wildman–Crippen LogP) is 3.85. The molecule has 0 aliphatic heterocycles. The summed E-state index contributed by atoms with van der Waals surface area (Å²) in [6, 6.07) is 9.53. The second kappa shape index (κ2) is 6.73. The standard InChI is InChI=1S/C19H20F2N4O2S/c20-19(21)9-6-13(7-10-19)24-17-15-8-11-25(18(15)23-12-16(17)22)28(26,27)14-4-2-1-3-5-14/h1-5,8,11-13H,6-7,9-10,22H2,(H,23,24). The lowest BCUT2D eigenvalue weighted by Crippen LogP contribution is -2.32. The minimum atomic E-state index is -3.81. The van der Waals surface area contributed by atoms with Crippen molar-refractivity contribution in [2.24, 2.45) is 0 Å². The van der Waals surface area contributed by atoms with Crippen LogP contribution in [-0.4, -0.2) is 29.3 Å². The van der Waals surface area contributed by atoms with Gasteiger partial charge in [0.15, 0.2) is 5.65 Å². The van der Waals surface area contributed by atoms with Gasteiger partial charge in [-0.05, 0) is 31.0 Å². The molecule has 28 heavy (non-hydrogen) atoms. The van der Waals surface area contributed by atoms with E-state index in [1.165, 1.54) is 24.5 Å². The van der Waals surface area contributed by atoms with Gasteiger partial charge in [0, 0.05) is 30.5 Å². The van der Waals surface area contributed by atoms with Crippen LogP contribution in [0.5, 0.6) is 0 Å². The maximum Gasteiger partial charge on any atom is 0.269 e. The van der Waals surface area contributed by atoms with E-state index in [0.29, 0.717) is 29.6 Å². The van der Waals surface area contributed by atoms with Gasteiger partial charge in [-0.1, -0.05) is 18.2 Å². The molecule has 1 aliphatic carbocycles. The van der Waals surface area contributed by atoms with Crippen molar-refractivity contribution in [1.29, 1.82) is 0 Å². The second-order valence-electron chi connectivity index (χ2n) is 7.03. The van der Waals surface area contributed by atoms with E-state index in [9.17, 15) is 17.2 Å². The van der Waals surface area contributed by atoms with Crippen molar-refractivity contribution < 1.29 is 17.2 Å². The average Bonchev–Trinajstić information content (AvgIpc) is 3.11. The number of fused-ring (bicyclic) bond motifs is 1. The van der Waals surface area contributed by atoms with Gasteiger partial charge in [0.25, 0.3) is 10.0 Å². The van der Waals surface area contributed by atoms with E-state index in [2.05, 4.69) is 10.3 Å². The van der Waals surface area contributed by atoms with Crippen molar-refractivity contribution >= 4 is 32.4 Å². The monoisotopic (exact) mass is 406 g/mol. The fourth-order valence-electron chi connectivity index (χ4n) is 3.53. The number of rotatable bonds is 4. The zero-order valence-corrected chi connectivity index (χ0v) is 15.8. The molecule has 0 atom stereocenters. The number of nitrogens with one attached hydrogen (secondary N) is 1. The summed E-state index contributed by atoms with van der Waals surface area (Å²) in [6.45, 7) is 0. The number of hydrogen-bond donors (Lipinski definition) is 2. The highest BCUT2D eigenvalue weighted by Gasteiger charge is 2.35. The first kappa shape index (κ1) is 18.7. The number of benzene rings is 1. The number of nitrogens with zero attached hydrogens (tertiary/aromatic N) is 2. The maximum absolute atomic E-state index is 13.4. The first-order valence-electron chi connectivity index (χ1n) is 8.98. The van der Waals surface area contributed by atoms with E-state index in [1.807, 2.05) is 0 Å². The van der Waals surface area contributed by atoms with Gasteiger partial charge in [0.1, 0.15) is 0 Å². The highest BCUT2D eigenvalue weighted by molar-refractivity contribution is 7.90. The molecule has 4 rings (SSSR count). The van der Waals surface area contributed by atoms with Crippen LogP contribution in [0.1, 0.15) is 25.7 Å². The number of hydrogen-bond acceptors (Lipinski definition) is 5. The van der Waals surface area contributed by atoms with Crippen molar-refractivity contribution in [2.75, 3.05) is 11.1 Å². The molecule has 2 aromatic heterocycles. The largest absolute Gasteiger partial charge is 0.396 e. The molecule has 3 aromatic rings. The molecule has 0 radical (unpaired) electrons. The molecule has 2 heterocycles. The first-order valence-corrected chi connectivity index (χ1v) is 10.4. The molecule has 9 heteroatoms. The summed E-state index contributed by atoms with van der Waals surface area (Å²) in [4.78, 5) is 4.36. The van der Waals surface area contributed by atoms with Crippen LogP contribution in [-0.2, 0) is 10.0 Å². The minimum absolute atomic E-state index is 0.148. The van der Waals surface area contributed by atoms with Crippen molar-refractivity contribution in [3.63, 3.8) is 0 Å². The lowest BCUT2D eigenvalue weighted by Gasteiger charge is -2.30. The predicted molar refractivity (Wildman–Crippen MR) is 104 cm³/mol. The molecule has 0 bridgehead atoms. The fraction of sp³-hybridized carbons (Fsp3) is 0.316. The first-order chi connectivity index (χ1) is 13.3. The Morgan fingerprint density at radius 3 is 2.50 bits per heavy atom. The van der Waals surface area contributed by atoms with Crippen LogP contribution in [0, 0.1) is 0 Å². The molecular formula is C19H20F2N4O2S. The van der Waals surface area contributed by atoms with Crippen LogP contribution in [0.25, 0.3) is 11.0 Å². The van der Waals surface area contributed by atoms with Crippen LogP contribution in [0.3, 0.4) is 0 Å². The van der Waals surface area contributed by atoms with Crippen molar-refractivity contribution in [1.82, 2.24) is 8.96 Å². The average molecular weight is 406 g/mol. The van der Waals surface area contributed by atoms with Crippen LogP contribution >= 0.6 is 0 Å². The third-order valence-corrected chi connectivity index (χ3v) is 6.76. The van der Waals surface area contributed by atoms with E-state index in [4.69, 9.17) is 5.73 Å². The lowest BCUT2D eigenvalue weighted by atomic mass is 9.92. The Kier molecular flexibility index (Phi) is 4.49. The van der Waals surface area contributed by atoms with Gasteiger partial charge >= 0.3 is 0 Å². The molecule has 0 amide bonds. The quantitative estimate of drug-likeness (QED) is 0.687. The van der Waals surface area contributed by atoms with Gasteiger partial charge in [-0.3, -0.25) is 0 Å². The van der Waals surface area contributed by atoms with Gasteiger partial charge in [-0.2, -0.15) is 0 Å². The maximum atomic E-state index is 13.4. The molecule has 1 saturated carbocycles. The highest BCUT2D eigenvalue weighted by atomic mass is 32.2. The summed E-state index contributed by atoms with van der Waals surface area (Å²) in [6.07, 6.45) is 3.10. The third kappa shape index (κ3) is 3.30. The Morgan fingerprint density at radius 2 is 1.82 bits per heavy atom. The molecule has 6 nitrogen and oxygen atoms in total. The van der Waals surface area contributed by atoms with Gasteiger partial charge in [-0.25, -0.2) is 26.2 Å². The summed E-state index contributed by atoms with van der Waals surface area (Å²) in [5.41, 5.74) is 7.17. The Morgan fingerprint density at radius 1 is 1.14 bits per heavy atom. The van der Waals surface area contributed by atoms with Crippen LogP contribution in [0.4, 0.5) is 20.2 Å². The van der Waals surface area contributed by atoms with Gasteiger partial charge in [0.2, 0.25) is 5.92 Å². The topological polar surface area (TPSA) is 90.0 Å². The Hall–Kier alpha value is -2.68. The molecule has 1 fully saturated rings. The Labute approximate surface area is 161 Å². The van der Waals surface area contributed by atoms with Crippen LogP contribution < -0.4 is 11.1 Å². The Bertz CT molecular complexity index is 1100. The molecule has 3 N–H and O–H groups in total. The number of aromatic nitrogens is 2. The number of anilines is 2. The zero-order valence-electron chi connectivity index (χ0n) is 15.0. The Balaban J connectivity index is 1.71.